The van der Waals surface area contributed by atoms with E-state index in [9.17, 15) is 4.79 Å². The Balaban J connectivity index is 2.57. The highest BCUT2D eigenvalue weighted by Gasteiger charge is 1.97. The fourth-order valence-corrected chi connectivity index (χ4v) is 1.27. The van der Waals surface area contributed by atoms with Gasteiger partial charge in [-0.2, -0.15) is 0 Å². The fraction of sp³-hybridized carbons (Fsp3) is 0.125. The van der Waals surface area contributed by atoms with Crippen LogP contribution in [0.25, 0.3) is 0 Å². The lowest BCUT2D eigenvalue weighted by atomic mass is 10.2. The topological polar surface area (TPSA) is 26.3 Å². The highest BCUT2D eigenvalue weighted by atomic mass is 79.9. The van der Waals surface area contributed by atoms with E-state index in [1.54, 1.807) is 0 Å². The van der Waals surface area contributed by atoms with Gasteiger partial charge in [0.2, 0.25) is 0 Å². The Labute approximate surface area is 83.6 Å². The van der Waals surface area contributed by atoms with E-state index in [2.05, 4.69) is 20.7 Å². The minimum absolute atomic E-state index is 0.210. The van der Waals surface area contributed by atoms with Gasteiger partial charge in [-0.15, -0.1) is 0 Å². The molecule has 0 amide bonds. The van der Waals surface area contributed by atoms with Gasteiger partial charge in [0.25, 0.3) is 0 Å². The summed E-state index contributed by atoms with van der Waals surface area (Å²) in [6.07, 6.45) is 0. The first-order chi connectivity index (χ1) is 5.68. The third kappa shape index (κ3) is 3.24. The van der Waals surface area contributed by atoms with Crippen LogP contribution in [-0.2, 0) is 11.3 Å². The molecular formula is C8H6BrClO2. The monoisotopic (exact) mass is 248 g/mol. The molecule has 0 radical (unpaired) electrons. The summed E-state index contributed by atoms with van der Waals surface area (Å²) in [7, 11) is 0. The molecule has 64 valence electrons. The fourth-order valence-electron chi connectivity index (χ4n) is 0.767. The Bertz CT molecular complexity index is 288. The number of carbonyl (C=O) groups is 1. The van der Waals surface area contributed by atoms with E-state index in [1.807, 2.05) is 24.3 Å². The van der Waals surface area contributed by atoms with Crippen LogP contribution in [0.2, 0.25) is 0 Å². The van der Waals surface area contributed by atoms with Gasteiger partial charge in [0.1, 0.15) is 6.61 Å². The molecule has 0 aromatic heterocycles. The maximum Gasteiger partial charge on any atom is 0.404 e. The normalized spacial score (nSPS) is 9.50. The minimum Gasteiger partial charge on any atom is -0.449 e. The highest BCUT2D eigenvalue weighted by Crippen LogP contribution is 2.12. The van der Waals surface area contributed by atoms with Crippen molar-refractivity contribution in [1.29, 1.82) is 0 Å². The summed E-state index contributed by atoms with van der Waals surface area (Å²) in [5, 5.41) is 0. The Morgan fingerprint density at radius 2 is 2.33 bits per heavy atom. The Morgan fingerprint density at radius 1 is 1.58 bits per heavy atom. The van der Waals surface area contributed by atoms with Gasteiger partial charge in [-0.25, -0.2) is 4.79 Å². The van der Waals surface area contributed by atoms with E-state index >= 15 is 0 Å². The van der Waals surface area contributed by atoms with E-state index < -0.39 is 5.43 Å². The standard InChI is InChI=1S/C8H6BrClO2/c9-7-3-1-2-6(4-7)5-12-8(10)11/h1-4H,5H2. The zero-order chi connectivity index (χ0) is 8.97. The van der Waals surface area contributed by atoms with E-state index in [-0.39, 0.29) is 6.61 Å². The molecular weight excluding hydrogens is 243 g/mol. The van der Waals surface area contributed by atoms with Crippen LogP contribution < -0.4 is 0 Å². The van der Waals surface area contributed by atoms with Crippen molar-refractivity contribution >= 4 is 33.0 Å². The van der Waals surface area contributed by atoms with Crippen LogP contribution >= 0.6 is 27.5 Å². The summed E-state index contributed by atoms with van der Waals surface area (Å²) < 4.78 is 5.54. The molecule has 12 heavy (non-hydrogen) atoms. The summed E-state index contributed by atoms with van der Waals surface area (Å²) in [5.74, 6) is 0. The van der Waals surface area contributed by atoms with Crippen molar-refractivity contribution in [1.82, 2.24) is 0 Å². The molecule has 0 aliphatic rings. The number of ether oxygens (including phenoxy) is 1. The van der Waals surface area contributed by atoms with Crippen molar-refractivity contribution in [2.75, 3.05) is 0 Å². The molecule has 1 aromatic rings. The van der Waals surface area contributed by atoms with Crippen molar-refractivity contribution in [3.05, 3.63) is 34.3 Å². The molecule has 0 fully saturated rings. The van der Waals surface area contributed by atoms with Crippen molar-refractivity contribution < 1.29 is 9.53 Å². The molecule has 1 rings (SSSR count). The maximum atomic E-state index is 10.2. The highest BCUT2D eigenvalue weighted by molar-refractivity contribution is 9.10. The average Bonchev–Trinajstić information content (AvgIpc) is 2.01. The lowest BCUT2D eigenvalue weighted by Crippen LogP contribution is -1.94. The van der Waals surface area contributed by atoms with E-state index in [4.69, 9.17) is 11.6 Å². The van der Waals surface area contributed by atoms with Gasteiger partial charge in [0.15, 0.2) is 0 Å². The minimum atomic E-state index is -0.782. The van der Waals surface area contributed by atoms with Crippen LogP contribution in [0.1, 0.15) is 5.56 Å². The molecule has 0 aliphatic carbocycles. The quantitative estimate of drug-likeness (QED) is 0.752. The number of carbonyl (C=O) groups excluding carboxylic acids is 1. The number of rotatable bonds is 2. The summed E-state index contributed by atoms with van der Waals surface area (Å²) >= 11 is 8.29. The van der Waals surface area contributed by atoms with E-state index in [0.717, 1.165) is 10.0 Å². The number of hydrogen-bond acceptors (Lipinski definition) is 2. The van der Waals surface area contributed by atoms with Crippen molar-refractivity contribution in [2.24, 2.45) is 0 Å². The van der Waals surface area contributed by atoms with Gasteiger partial charge in [-0.1, -0.05) is 28.1 Å². The molecule has 4 heteroatoms. The van der Waals surface area contributed by atoms with Gasteiger partial charge < -0.3 is 4.74 Å². The molecule has 0 aliphatic heterocycles. The number of benzene rings is 1. The van der Waals surface area contributed by atoms with Crippen LogP contribution in [0.3, 0.4) is 0 Å². The molecule has 0 N–H and O–H groups in total. The third-order valence-electron chi connectivity index (χ3n) is 1.24. The predicted molar refractivity (Wildman–Crippen MR) is 50.2 cm³/mol. The molecule has 0 bridgehead atoms. The van der Waals surface area contributed by atoms with Crippen LogP contribution in [0.15, 0.2) is 28.7 Å². The van der Waals surface area contributed by atoms with Gasteiger partial charge >= 0.3 is 5.43 Å². The van der Waals surface area contributed by atoms with Gasteiger partial charge in [0, 0.05) is 16.1 Å². The van der Waals surface area contributed by atoms with Crippen LogP contribution in [-0.4, -0.2) is 5.43 Å². The third-order valence-corrected chi connectivity index (χ3v) is 1.84. The smallest absolute Gasteiger partial charge is 0.404 e. The Morgan fingerprint density at radius 3 is 2.92 bits per heavy atom. The lowest BCUT2D eigenvalue weighted by molar-refractivity contribution is 0.167. The average molecular weight is 249 g/mol. The Hall–Kier alpha value is -0.540. The molecule has 0 saturated carbocycles. The first-order valence-electron chi connectivity index (χ1n) is 3.25. The van der Waals surface area contributed by atoms with E-state index in [0.29, 0.717) is 0 Å². The van der Waals surface area contributed by atoms with Gasteiger partial charge in [0.05, 0.1) is 0 Å². The first-order valence-corrected chi connectivity index (χ1v) is 4.42. The number of halogens is 2. The molecule has 0 atom stereocenters. The SMILES string of the molecule is O=C(Cl)OCc1cccc(Br)c1. The molecule has 0 unspecified atom stereocenters. The van der Waals surface area contributed by atoms with Gasteiger partial charge in [-0.05, 0) is 17.7 Å². The lowest BCUT2D eigenvalue weighted by Gasteiger charge is -2.00. The zero-order valence-corrected chi connectivity index (χ0v) is 8.43. The van der Waals surface area contributed by atoms with Crippen molar-refractivity contribution in [2.45, 2.75) is 6.61 Å². The molecule has 0 saturated heterocycles. The van der Waals surface area contributed by atoms with Crippen LogP contribution in [0, 0.1) is 0 Å². The second-order valence-corrected chi connectivity index (χ2v) is 3.38. The summed E-state index contributed by atoms with van der Waals surface area (Å²) in [6.45, 7) is 0.210. The number of hydrogen-bond donors (Lipinski definition) is 0. The molecule has 1 aromatic carbocycles. The zero-order valence-electron chi connectivity index (χ0n) is 6.09. The molecule has 2 nitrogen and oxygen atoms in total. The van der Waals surface area contributed by atoms with Gasteiger partial charge in [-0.3, -0.25) is 0 Å². The summed E-state index contributed by atoms with van der Waals surface area (Å²) in [4.78, 5) is 10.2. The largest absolute Gasteiger partial charge is 0.449 e. The van der Waals surface area contributed by atoms with Crippen molar-refractivity contribution in [3.63, 3.8) is 0 Å². The first kappa shape index (κ1) is 9.55. The maximum absolute atomic E-state index is 10.2. The predicted octanol–water partition coefficient (Wildman–Crippen LogP) is 3.32. The van der Waals surface area contributed by atoms with Crippen LogP contribution in [0.4, 0.5) is 4.79 Å². The van der Waals surface area contributed by atoms with E-state index in [1.165, 1.54) is 0 Å². The molecule has 0 heterocycles. The van der Waals surface area contributed by atoms with Crippen LogP contribution in [0.5, 0.6) is 0 Å². The Kier molecular flexibility index (Phi) is 3.56. The summed E-state index contributed by atoms with van der Waals surface area (Å²) in [5.41, 5.74) is 0.119. The molecule has 0 spiro atoms. The second-order valence-electron chi connectivity index (χ2n) is 2.16. The van der Waals surface area contributed by atoms with Crippen molar-refractivity contribution in [3.8, 4) is 0 Å². The summed E-state index contributed by atoms with van der Waals surface area (Å²) in [6, 6.07) is 7.47. The second kappa shape index (κ2) is 4.48.